The van der Waals surface area contributed by atoms with Crippen molar-refractivity contribution in [1.29, 1.82) is 0 Å². The Morgan fingerprint density at radius 3 is 2.45 bits per heavy atom. The van der Waals surface area contributed by atoms with Crippen LogP contribution in [-0.4, -0.2) is 12.9 Å². The van der Waals surface area contributed by atoms with Gasteiger partial charge in [0, 0.05) is 17.9 Å². The van der Waals surface area contributed by atoms with E-state index in [0.29, 0.717) is 6.42 Å². The van der Waals surface area contributed by atoms with E-state index < -0.39 is 0 Å². The zero-order valence-electron chi connectivity index (χ0n) is 12.1. The second kappa shape index (κ2) is 4.78. The summed E-state index contributed by atoms with van der Waals surface area (Å²) >= 11 is 0. The van der Waals surface area contributed by atoms with Gasteiger partial charge in [-0.2, -0.15) is 0 Å². The number of rotatable bonds is 2. The predicted molar refractivity (Wildman–Crippen MR) is 79.7 cm³/mol. The highest BCUT2D eigenvalue weighted by Gasteiger charge is 2.33. The summed E-state index contributed by atoms with van der Waals surface area (Å²) < 4.78 is 5.46. The van der Waals surface area contributed by atoms with Gasteiger partial charge in [0.2, 0.25) is 0 Å². The van der Waals surface area contributed by atoms with Gasteiger partial charge in [-0.3, -0.25) is 4.79 Å². The maximum Gasteiger partial charge on any atom is 0.164 e. The molecule has 2 aromatic carbocycles. The molecule has 2 aromatic rings. The first-order valence-corrected chi connectivity index (χ1v) is 6.89. The van der Waals surface area contributed by atoms with Gasteiger partial charge in [-0.1, -0.05) is 30.3 Å². The average molecular weight is 266 g/mol. The molecule has 0 radical (unpaired) electrons. The zero-order chi connectivity index (χ0) is 14.3. The molecule has 0 aromatic heterocycles. The third-order valence-electron chi connectivity index (χ3n) is 4.35. The van der Waals surface area contributed by atoms with E-state index in [1.807, 2.05) is 38.1 Å². The van der Waals surface area contributed by atoms with Crippen molar-refractivity contribution in [2.24, 2.45) is 0 Å². The molecule has 0 bridgehead atoms. The minimum absolute atomic E-state index is 0.159. The number of hydrogen-bond acceptors (Lipinski definition) is 2. The van der Waals surface area contributed by atoms with Gasteiger partial charge in [0.1, 0.15) is 5.75 Å². The van der Waals surface area contributed by atoms with Crippen molar-refractivity contribution >= 4 is 5.78 Å². The summed E-state index contributed by atoms with van der Waals surface area (Å²) in [6.07, 6.45) is 0.562. The molecule has 0 fully saturated rings. The van der Waals surface area contributed by atoms with Crippen LogP contribution in [0.4, 0.5) is 0 Å². The quantitative estimate of drug-likeness (QED) is 0.820. The molecule has 0 aliphatic heterocycles. The van der Waals surface area contributed by atoms with E-state index in [-0.39, 0.29) is 11.7 Å². The topological polar surface area (TPSA) is 26.3 Å². The van der Waals surface area contributed by atoms with E-state index in [9.17, 15) is 4.79 Å². The highest BCUT2D eigenvalue weighted by atomic mass is 16.5. The lowest BCUT2D eigenvalue weighted by molar-refractivity contribution is 0.0991. The maximum absolute atomic E-state index is 12.4. The molecule has 0 spiro atoms. The first kappa shape index (κ1) is 12.9. The first-order chi connectivity index (χ1) is 9.63. The number of methoxy groups -OCH3 is 1. The minimum atomic E-state index is 0.159. The molecule has 20 heavy (non-hydrogen) atoms. The molecule has 0 heterocycles. The number of hydrogen-bond donors (Lipinski definition) is 0. The zero-order valence-corrected chi connectivity index (χ0v) is 12.1. The normalized spacial score (nSPS) is 17.1. The van der Waals surface area contributed by atoms with Gasteiger partial charge in [-0.25, -0.2) is 0 Å². The monoisotopic (exact) mass is 266 g/mol. The van der Waals surface area contributed by atoms with Gasteiger partial charge in [-0.15, -0.1) is 0 Å². The Labute approximate surface area is 119 Å². The van der Waals surface area contributed by atoms with Gasteiger partial charge in [0.25, 0.3) is 0 Å². The Bertz CT molecular complexity index is 672. The second-order valence-corrected chi connectivity index (χ2v) is 5.38. The lowest BCUT2D eigenvalue weighted by atomic mass is 9.90. The third kappa shape index (κ3) is 1.83. The average Bonchev–Trinajstić information content (AvgIpc) is 2.80. The van der Waals surface area contributed by atoms with Crippen molar-refractivity contribution in [3.05, 3.63) is 64.2 Å². The molecule has 0 amide bonds. The molecule has 2 heteroatoms. The molecule has 1 aliphatic rings. The number of ketones is 1. The highest BCUT2D eigenvalue weighted by molar-refractivity contribution is 6.03. The summed E-state index contributed by atoms with van der Waals surface area (Å²) in [6.45, 7) is 4.03. The van der Waals surface area contributed by atoms with Gasteiger partial charge < -0.3 is 4.74 Å². The lowest BCUT2D eigenvalue weighted by Gasteiger charge is -2.15. The van der Waals surface area contributed by atoms with Crippen molar-refractivity contribution in [3.63, 3.8) is 0 Å². The summed E-state index contributed by atoms with van der Waals surface area (Å²) in [5.41, 5.74) is 5.33. The fourth-order valence-electron chi connectivity index (χ4n) is 3.15. The van der Waals surface area contributed by atoms with Crippen LogP contribution < -0.4 is 4.74 Å². The summed E-state index contributed by atoms with van der Waals surface area (Å²) in [5.74, 6) is 1.28. The van der Waals surface area contributed by atoms with Gasteiger partial charge in [0.05, 0.1) is 7.11 Å². The highest BCUT2D eigenvalue weighted by Crippen LogP contribution is 2.42. The fraction of sp³-hybridized carbons (Fsp3) is 0.278. The molecule has 3 rings (SSSR count). The van der Waals surface area contributed by atoms with Crippen molar-refractivity contribution in [3.8, 4) is 5.75 Å². The molecule has 1 atom stereocenters. The number of carbonyl (C=O) groups excluding carboxylic acids is 1. The van der Waals surface area contributed by atoms with Crippen LogP contribution in [0, 0.1) is 13.8 Å². The van der Waals surface area contributed by atoms with Crippen LogP contribution in [0.5, 0.6) is 5.75 Å². The van der Waals surface area contributed by atoms with Crippen molar-refractivity contribution in [1.82, 2.24) is 0 Å². The van der Waals surface area contributed by atoms with E-state index >= 15 is 0 Å². The van der Waals surface area contributed by atoms with Gasteiger partial charge >= 0.3 is 0 Å². The lowest BCUT2D eigenvalue weighted by Crippen LogP contribution is -2.01. The summed E-state index contributed by atoms with van der Waals surface area (Å²) in [5, 5.41) is 0. The molecular formula is C18H18O2. The Morgan fingerprint density at radius 2 is 1.80 bits per heavy atom. The van der Waals surface area contributed by atoms with Crippen molar-refractivity contribution in [2.75, 3.05) is 7.11 Å². The van der Waals surface area contributed by atoms with Crippen LogP contribution >= 0.6 is 0 Å². The summed E-state index contributed by atoms with van der Waals surface area (Å²) in [6, 6.07) is 12.3. The number of carbonyl (C=O) groups is 1. The van der Waals surface area contributed by atoms with Gasteiger partial charge in [0.15, 0.2) is 5.78 Å². The third-order valence-corrected chi connectivity index (χ3v) is 4.35. The van der Waals surface area contributed by atoms with E-state index in [0.717, 1.165) is 28.0 Å². The van der Waals surface area contributed by atoms with Crippen LogP contribution in [-0.2, 0) is 0 Å². The maximum atomic E-state index is 12.4. The molecule has 1 unspecified atom stereocenters. The number of benzene rings is 2. The van der Waals surface area contributed by atoms with Crippen LogP contribution in [0.1, 0.15) is 45.0 Å². The van der Waals surface area contributed by atoms with Crippen LogP contribution in [0.25, 0.3) is 0 Å². The Kier molecular flexibility index (Phi) is 3.09. The van der Waals surface area contributed by atoms with E-state index in [1.165, 1.54) is 5.56 Å². The van der Waals surface area contributed by atoms with Crippen molar-refractivity contribution in [2.45, 2.75) is 26.2 Å². The van der Waals surface area contributed by atoms with E-state index in [4.69, 9.17) is 4.74 Å². The molecule has 0 saturated heterocycles. The van der Waals surface area contributed by atoms with E-state index in [1.54, 1.807) is 7.11 Å². The molecule has 0 saturated carbocycles. The first-order valence-electron chi connectivity index (χ1n) is 6.89. The summed E-state index contributed by atoms with van der Waals surface area (Å²) in [4.78, 5) is 12.4. The fourth-order valence-corrected chi connectivity index (χ4v) is 3.15. The van der Waals surface area contributed by atoms with E-state index in [2.05, 4.69) is 12.1 Å². The number of fused-ring (bicyclic) bond motifs is 1. The van der Waals surface area contributed by atoms with Crippen LogP contribution in [0.15, 0.2) is 36.4 Å². The standard InChI is InChI=1S/C18H18O2/c1-11-12(2)18-15(10-17(11)20-3)14(9-16(18)19)13-7-5-4-6-8-13/h4-8,10,14H,9H2,1-3H3. The Balaban J connectivity index is 2.20. The smallest absolute Gasteiger partial charge is 0.164 e. The molecule has 0 N–H and O–H groups in total. The summed E-state index contributed by atoms with van der Waals surface area (Å²) in [7, 11) is 1.68. The molecule has 102 valence electrons. The largest absolute Gasteiger partial charge is 0.496 e. The Hall–Kier alpha value is -2.09. The number of Topliss-reactive ketones (excluding diaryl/α,β-unsaturated/α-hetero) is 1. The molecular weight excluding hydrogens is 248 g/mol. The molecule has 1 aliphatic carbocycles. The second-order valence-electron chi connectivity index (χ2n) is 5.38. The minimum Gasteiger partial charge on any atom is -0.496 e. The number of ether oxygens (including phenoxy) is 1. The SMILES string of the molecule is COc1cc2c(c(C)c1C)C(=O)CC2c1ccccc1. The van der Waals surface area contributed by atoms with Crippen molar-refractivity contribution < 1.29 is 9.53 Å². The van der Waals surface area contributed by atoms with Crippen LogP contribution in [0.3, 0.4) is 0 Å². The Morgan fingerprint density at radius 1 is 1.10 bits per heavy atom. The van der Waals surface area contributed by atoms with Crippen LogP contribution in [0.2, 0.25) is 0 Å². The molecule has 2 nitrogen and oxygen atoms in total. The predicted octanol–water partition coefficient (Wildman–Crippen LogP) is 4.03. The van der Waals surface area contributed by atoms with Gasteiger partial charge in [-0.05, 0) is 42.2 Å².